The van der Waals surface area contributed by atoms with E-state index >= 15 is 0 Å². The van der Waals surface area contributed by atoms with Gasteiger partial charge in [0.1, 0.15) is 16.9 Å². The van der Waals surface area contributed by atoms with Gasteiger partial charge in [-0.3, -0.25) is 14.8 Å². The van der Waals surface area contributed by atoms with Gasteiger partial charge < -0.3 is 15.1 Å². The van der Waals surface area contributed by atoms with Crippen LogP contribution in [0.4, 0.5) is 17.3 Å². The lowest BCUT2D eigenvalue weighted by molar-refractivity contribution is 0.313. The van der Waals surface area contributed by atoms with Crippen molar-refractivity contribution in [1.82, 2.24) is 34.6 Å². The maximum Gasteiger partial charge on any atom is 0.282 e. The topological polar surface area (TPSA) is 105 Å². The lowest BCUT2D eigenvalue weighted by Crippen LogP contribution is -2.44. The van der Waals surface area contributed by atoms with Crippen LogP contribution in [0.2, 0.25) is 10.0 Å². The van der Waals surface area contributed by atoms with E-state index in [-0.39, 0.29) is 21.1 Å². The van der Waals surface area contributed by atoms with Crippen LogP contribution < -0.4 is 15.8 Å². The maximum absolute atomic E-state index is 13.5. The van der Waals surface area contributed by atoms with Crippen molar-refractivity contribution in [3.63, 3.8) is 0 Å². The van der Waals surface area contributed by atoms with Gasteiger partial charge in [0.15, 0.2) is 0 Å². The smallest absolute Gasteiger partial charge is 0.282 e. The molecule has 0 bridgehead atoms. The lowest BCUT2D eigenvalue weighted by atomic mass is 10.2. The Balaban J connectivity index is 1.40. The fraction of sp³-hybridized carbons (Fsp3) is 0.185. The number of likely N-dealkylation sites (N-methyl/N-ethyl adjacent to an activating group) is 1. The molecule has 5 heterocycles. The molecule has 1 fully saturated rings. The number of hydrogen-bond donors (Lipinski definition) is 1. The number of nitrogens with zero attached hydrogens (tertiary/aromatic N) is 8. The van der Waals surface area contributed by atoms with Crippen LogP contribution in [-0.2, 0) is 0 Å². The van der Waals surface area contributed by atoms with Gasteiger partial charge in [0.2, 0.25) is 5.95 Å². The number of piperazine rings is 1. The highest BCUT2D eigenvalue weighted by Gasteiger charge is 2.20. The van der Waals surface area contributed by atoms with Crippen LogP contribution in [0.3, 0.4) is 0 Å². The van der Waals surface area contributed by atoms with Gasteiger partial charge in [-0.25, -0.2) is 9.97 Å². The minimum Gasteiger partial charge on any atom is -0.369 e. The molecule has 5 aromatic rings. The Kier molecular flexibility index (Phi) is 6.82. The monoisotopic (exact) mass is 559 g/mol. The van der Waals surface area contributed by atoms with E-state index in [1.807, 2.05) is 18.2 Å². The van der Waals surface area contributed by atoms with Gasteiger partial charge in [-0.15, -0.1) is 0 Å². The Labute approximate surface area is 233 Å². The Bertz CT molecular complexity index is 1680. The maximum atomic E-state index is 13.5. The van der Waals surface area contributed by atoms with Crippen LogP contribution in [0.1, 0.15) is 0 Å². The van der Waals surface area contributed by atoms with E-state index in [0.717, 1.165) is 36.5 Å². The molecule has 1 aliphatic heterocycles. The standard InChI is InChI=1S/C27H23Cl2N9O/c1-36-10-12-37(13-11-36)18-7-5-17(6-8-18)33-27-32-14-19-23(34-27)24(22-4-2-3-9-31-22)35-38(26(19)39)25-20(28)15-30-16-21(25)29/h2-9,14-16H,10-13H2,1H3,(H,32,33,34). The third-order valence-corrected chi connectivity index (χ3v) is 7.13. The Morgan fingerprint density at radius 1 is 0.897 bits per heavy atom. The minimum atomic E-state index is -0.470. The van der Waals surface area contributed by atoms with Gasteiger partial charge in [0.05, 0.1) is 21.1 Å². The molecule has 1 N–H and O–H groups in total. The molecule has 1 aromatic carbocycles. The second-order valence-corrected chi connectivity index (χ2v) is 9.96. The molecule has 0 saturated carbocycles. The van der Waals surface area contributed by atoms with Crippen molar-refractivity contribution < 1.29 is 0 Å². The molecule has 0 spiro atoms. The first kappa shape index (κ1) is 25.2. The van der Waals surface area contributed by atoms with E-state index in [0.29, 0.717) is 22.9 Å². The highest BCUT2D eigenvalue weighted by molar-refractivity contribution is 6.37. The first-order valence-electron chi connectivity index (χ1n) is 12.3. The molecular weight excluding hydrogens is 537 g/mol. The molecule has 0 unspecified atom stereocenters. The zero-order valence-electron chi connectivity index (χ0n) is 20.9. The first-order chi connectivity index (χ1) is 19.0. The molecular formula is C27H23Cl2N9O. The summed E-state index contributed by atoms with van der Waals surface area (Å²) in [5, 5.41) is 8.44. The van der Waals surface area contributed by atoms with Crippen LogP contribution in [-0.4, -0.2) is 67.8 Å². The summed E-state index contributed by atoms with van der Waals surface area (Å²) in [6, 6.07) is 13.6. The summed E-state index contributed by atoms with van der Waals surface area (Å²) in [7, 11) is 2.14. The van der Waals surface area contributed by atoms with Crippen molar-refractivity contribution in [2.45, 2.75) is 0 Å². The van der Waals surface area contributed by atoms with Gasteiger partial charge in [-0.2, -0.15) is 9.78 Å². The highest BCUT2D eigenvalue weighted by Crippen LogP contribution is 2.29. The molecule has 1 aliphatic rings. The largest absolute Gasteiger partial charge is 0.369 e. The average molecular weight is 560 g/mol. The molecule has 10 nitrogen and oxygen atoms in total. The zero-order chi connectivity index (χ0) is 26.9. The summed E-state index contributed by atoms with van der Waals surface area (Å²) in [5.74, 6) is 0.325. The molecule has 0 radical (unpaired) electrons. The van der Waals surface area contributed by atoms with E-state index in [1.165, 1.54) is 24.3 Å². The average Bonchev–Trinajstić information content (AvgIpc) is 2.95. The van der Waals surface area contributed by atoms with Crippen molar-refractivity contribution in [2.24, 2.45) is 0 Å². The second kappa shape index (κ2) is 10.6. The predicted octanol–water partition coefficient (Wildman–Crippen LogP) is 4.43. The van der Waals surface area contributed by atoms with Crippen molar-refractivity contribution in [3.8, 4) is 17.1 Å². The van der Waals surface area contributed by atoms with Crippen LogP contribution in [0.25, 0.3) is 28.0 Å². The molecule has 6 rings (SSSR count). The third kappa shape index (κ3) is 5.01. The number of aromatic nitrogens is 6. The molecule has 0 aliphatic carbocycles. The first-order valence-corrected chi connectivity index (χ1v) is 13.0. The predicted molar refractivity (Wildman–Crippen MR) is 153 cm³/mol. The van der Waals surface area contributed by atoms with Crippen LogP contribution in [0.15, 0.2) is 72.0 Å². The third-order valence-electron chi connectivity index (χ3n) is 6.58. The number of nitrogens with one attached hydrogen (secondary N) is 1. The fourth-order valence-corrected chi connectivity index (χ4v) is 4.99. The number of hydrogen-bond acceptors (Lipinski definition) is 9. The summed E-state index contributed by atoms with van der Waals surface area (Å²) in [5.41, 5.74) is 3.00. The van der Waals surface area contributed by atoms with E-state index in [4.69, 9.17) is 23.2 Å². The van der Waals surface area contributed by atoms with Gasteiger partial charge in [-0.05, 0) is 43.4 Å². The summed E-state index contributed by atoms with van der Waals surface area (Å²) in [6.45, 7) is 4.07. The molecule has 0 amide bonds. The van der Waals surface area contributed by atoms with Crippen molar-refractivity contribution in [2.75, 3.05) is 43.4 Å². The Morgan fingerprint density at radius 3 is 2.33 bits per heavy atom. The molecule has 1 saturated heterocycles. The van der Waals surface area contributed by atoms with E-state index in [1.54, 1.807) is 18.3 Å². The van der Waals surface area contributed by atoms with Crippen LogP contribution in [0.5, 0.6) is 0 Å². The van der Waals surface area contributed by atoms with Crippen molar-refractivity contribution >= 4 is 51.4 Å². The fourth-order valence-electron chi connectivity index (χ4n) is 4.47. The highest BCUT2D eigenvalue weighted by atomic mass is 35.5. The number of fused-ring (bicyclic) bond motifs is 1. The van der Waals surface area contributed by atoms with Gasteiger partial charge in [0.25, 0.3) is 5.56 Å². The summed E-state index contributed by atoms with van der Waals surface area (Å²) in [4.78, 5) is 35.7. The lowest BCUT2D eigenvalue weighted by Gasteiger charge is -2.34. The molecule has 196 valence electrons. The van der Waals surface area contributed by atoms with Gasteiger partial charge in [-0.1, -0.05) is 29.3 Å². The van der Waals surface area contributed by atoms with E-state index < -0.39 is 5.56 Å². The van der Waals surface area contributed by atoms with E-state index in [2.05, 4.69) is 59.3 Å². The Hall–Kier alpha value is -4.12. The molecule has 0 atom stereocenters. The number of rotatable bonds is 5. The zero-order valence-corrected chi connectivity index (χ0v) is 22.4. The Morgan fingerprint density at radius 2 is 1.64 bits per heavy atom. The SMILES string of the molecule is CN1CCN(c2ccc(Nc3ncc4c(=O)n(-c5c(Cl)cncc5Cl)nc(-c5ccccn5)c4n3)cc2)CC1. The number of halogens is 2. The van der Waals surface area contributed by atoms with Crippen LogP contribution in [0, 0.1) is 0 Å². The second-order valence-electron chi connectivity index (χ2n) is 9.15. The van der Waals surface area contributed by atoms with Gasteiger partial charge in [0, 0.05) is 62.3 Å². The summed E-state index contributed by atoms with van der Waals surface area (Å²) < 4.78 is 1.15. The number of benzene rings is 1. The number of anilines is 3. The van der Waals surface area contributed by atoms with Crippen molar-refractivity contribution in [1.29, 1.82) is 0 Å². The van der Waals surface area contributed by atoms with Gasteiger partial charge >= 0.3 is 0 Å². The molecule has 4 aromatic heterocycles. The normalized spacial score (nSPS) is 14.1. The summed E-state index contributed by atoms with van der Waals surface area (Å²) >= 11 is 12.7. The summed E-state index contributed by atoms with van der Waals surface area (Å²) in [6.07, 6.45) is 5.92. The van der Waals surface area contributed by atoms with Crippen molar-refractivity contribution in [3.05, 3.63) is 87.7 Å². The number of pyridine rings is 2. The molecule has 12 heteroatoms. The quantitative estimate of drug-likeness (QED) is 0.334. The van der Waals surface area contributed by atoms with Crippen LogP contribution >= 0.6 is 23.2 Å². The van der Waals surface area contributed by atoms with E-state index in [9.17, 15) is 4.79 Å². The molecule has 39 heavy (non-hydrogen) atoms. The minimum absolute atomic E-state index is 0.183.